The molecule has 0 bridgehead atoms. The topological polar surface area (TPSA) is 29.5 Å². The molecule has 0 aliphatic carbocycles. The molecule has 86 valence electrons. The van der Waals surface area contributed by atoms with E-state index >= 15 is 0 Å². The van der Waals surface area contributed by atoms with Crippen LogP contribution in [0.5, 0.6) is 0 Å². The van der Waals surface area contributed by atoms with Crippen molar-refractivity contribution >= 4 is 21.8 Å². The summed E-state index contributed by atoms with van der Waals surface area (Å²) in [5, 5.41) is 0. The van der Waals surface area contributed by atoms with Gasteiger partial charge in [0.2, 0.25) is 0 Å². The fourth-order valence-electron chi connectivity index (χ4n) is 1.75. The molecule has 4 heteroatoms. The zero-order valence-electron chi connectivity index (χ0n) is 8.99. The van der Waals surface area contributed by atoms with Crippen molar-refractivity contribution in [1.82, 2.24) is 4.90 Å². The molecule has 0 aromatic heterocycles. The molecule has 1 fully saturated rings. The van der Waals surface area contributed by atoms with Crippen molar-refractivity contribution < 1.29 is 9.53 Å². The van der Waals surface area contributed by atoms with E-state index < -0.39 is 0 Å². The van der Waals surface area contributed by atoms with Gasteiger partial charge in [0, 0.05) is 29.7 Å². The molecule has 0 radical (unpaired) electrons. The van der Waals surface area contributed by atoms with E-state index in [9.17, 15) is 4.79 Å². The Morgan fingerprint density at radius 2 is 2.19 bits per heavy atom. The van der Waals surface area contributed by atoms with Crippen LogP contribution in [0.3, 0.4) is 0 Å². The van der Waals surface area contributed by atoms with Crippen molar-refractivity contribution in [2.75, 3.05) is 26.3 Å². The third kappa shape index (κ3) is 2.83. The summed E-state index contributed by atoms with van der Waals surface area (Å²) in [6.07, 6.45) is 0.916. The molecule has 0 unspecified atom stereocenters. The van der Waals surface area contributed by atoms with Gasteiger partial charge in [0.05, 0.1) is 6.61 Å². The number of hydrogen-bond donors (Lipinski definition) is 0. The molecule has 1 aromatic carbocycles. The molecule has 1 aliphatic heterocycles. The standard InChI is InChI=1S/C12H14BrNO2/c13-11-4-1-3-10(9-11)12(15)14-5-2-7-16-8-6-14/h1,3-4,9H,2,5-8H2. The number of carbonyl (C=O) groups is 1. The summed E-state index contributed by atoms with van der Waals surface area (Å²) in [4.78, 5) is 14.0. The van der Waals surface area contributed by atoms with E-state index in [-0.39, 0.29) is 5.91 Å². The Kier molecular flexibility index (Phi) is 3.96. The summed E-state index contributed by atoms with van der Waals surface area (Å²) in [5.41, 5.74) is 0.733. The van der Waals surface area contributed by atoms with Gasteiger partial charge in [-0.05, 0) is 24.6 Å². The molecular formula is C12H14BrNO2. The Bertz CT molecular complexity index is 373. The third-order valence-electron chi connectivity index (χ3n) is 2.58. The lowest BCUT2D eigenvalue weighted by molar-refractivity contribution is 0.0741. The average molecular weight is 284 g/mol. The van der Waals surface area contributed by atoms with Crippen LogP contribution in [-0.4, -0.2) is 37.1 Å². The van der Waals surface area contributed by atoms with Crippen molar-refractivity contribution in [3.8, 4) is 0 Å². The van der Waals surface area contributed by atoms with Crippen molar-refractivity contribution in [3.05, 3.63) is 34.3 Å². The molecule has 1 amide bonds. The molecule has 2 rings (SSSR count). The predicted octanol–water partition coefficient (Wildman–Crippen LogP) is 2.31. The van der Waals surface area contributed by atoms with Crippen molar-refractivity contribution in [3.63, 3.8) is 0 Å². The molecular weight excluding hydrogens is 270 g/mol. The Morgan fingerprint density at radius 1 is 1.31 bits per heavy atom. The van der Waals surface area contributed by atoms with E-state index in [4.69, 9.17) is 4.74 Å². The minimum Gasteiger partial charge on any atom is -0.380 e. The minimum absolute atomic E-state index is 0.0896. The number of carbonyl (C=O) groups excluding carboxylic acids is 1. The number of nitrogens with zero attached hydrogens (tertiary/aromatic N) is 1. The van der Waals surface area contributed by atoms with E-state index in [2.05, 4.69) is 15.9 Å². The number of rotatable bonds is 1. The maximum atomic E-state index is 12.2. The van der Waals surface area contributed by atoms with Crippen LogP contribution in [0.4, 0.5) is 0 Å². The lowest BCUT2D eigenvalue weighted by Gasteiger charge is -2.19. The van der Waals surface area contributed by atoms with E-state index in [1.54, 1.807) is 0 Å². The number of benzene rings is 1. The number of hydrogen-bond acceptors (Lipinski definition) is 2. The molecule has 0 N–H and O–H groups in total. The molecule has 16 heavy (non-hydrogen) atoms. The second-order valence-electron chi connectivity index (χ2n) is 3.77. The first kappa shape index (κ1) is 11.6. The maximum absolute atomic E-state index is 12.2. The summed E-state index contributed by atoms with van der Waals surface area (Å²) in [5.74, 6) is 0.0896. The highest BCUT2D eigenvalue weighted by molar-refractivity contribution is 9.10. The zero-order chi connectivity index (χ0) is 11.4. The zero-order valence-corrected chi connectivity index (χ0v) is 10.6. The smallest absolute Gasteiger partial charge is 0.253 e. The van der Waals surface area contributed by atoms with E-state index in [0.717, 1.165) is 29.6 Å². The van der Waals surface area contributed by atoms with Crippen LogP contribution < -0.4 is 0 Å². The first-order valence-corrected chi connectivity index (χ1v) is 6.19. The van der Waals surface area contributed by atoms with E-state index in [1.807, 2.05) is 29.2 Å². The van der Waals surface area contributed by atoms with Gasteiger partial charge in [-0.25, -0.2) is 0 Å². The highest BCUT2D eigenvalue weighted by atomic mass is 79.9. The van der Waals surface area contributed by atoms with Crippen LogP contribution in [0.1, 0.15) is 16.8 Å². The van der Waals surface area contributed by atoms with Gasteiger partial charge < -0.3 is 9.64 Å². The fraction of sp³-hybridized carbons (Fsp3) is 0.417. The third-order valence-corrected chi connectivity index (χ3v) is 3.07. The summed E-state index contributed by atoms with van der Waals surface area (Å²) >= 11 is 3.37. The van der Waals surface area contributed by atoms with Crippen molar-refractivity contribution in [2.45, 2.75) is 6.42 Å². The Balaban J connectivity index is 2.11. The second kappa shape index (κ2) is 5.46. The predicted molar refractivity (Wildman–Crippen MR) is 65.5 cm³/mol. The maximum Gasteiger partial charge on any atom is 0.253 e. The normalized spacial score (nSPS) is 16.9. The lowest BCUT2D eigenvalue weighted by atomic mass is 10.2. The van der Waals surface area contributed by atoms with Crippen LogP contribution in [-0.2, 0) is 4.74 Å². The Morgan fingerprint density at radius 3 is 3.00 bits per heavy atom. The Labute approximate surface area is 104 Å². The van der Waals surface area contributed by atoms with Gasteiger partial charge in [-0.2, -0.15) is 0 Å². The molecule has 1 aliphatic rings. The number of halogens is 1. The van der Waals surface area contributed by atoms with Crippen LogP contribution in [0.2, 0.25) is 0 Å². The second-order valence-corrected chi connectivity index (χ2v) is 4.68. The summed E-state index contributed by atoms with van der Waals surface area (Å²) in [6.45, 7) is 2.86. The summed E-state index contributed by atoms with van der Waals surface area (Å²) in [6, 6.07) is 7.50. The Hall–Kier alpha value is -0.870. The van der Waals surface area contributed by atoms with Crippen LogP contribution in [0.15, 0.2) is 28.7 Å². The molecule has 1 heterocycles. The van der Waals surface area contributed by atoms with Gasteiger partial charge in [0.15, 0.2) is 0 Å². The SMILES string of the molecule is O=C(c1cccc(Br)c1)N1CCCOCC1. The molecule has 0 saturated carbocycles. The minimum atomic E-state index is 0.0896. The summed E-state index contributed by atoms with van der Waals surface area (Å²) < 4.78 is 6.27. The van der Waals surface area contributed by atoms with Gasteiger partial charge in [0.25, 0.3) is 5.91 Å². The molecule has 0 atom stereocenters. The van der Waals surface area contributed by atoms with Crippen LogP contribution in [0.25, 0.3) is 0 Å². The fourth-order valence-corrected chi connectivity index (χ4v) is 2.15. The average Bonchev–Trinajstić information content (AvgIpc) is 2.56. The quantitative estimate of drug-likeness (QED) is 0.792. The summed E-state index contributed by atoms with van der Waals surface area (Å²) in [7, 11) is 0. The van der Waals surface area contributed by atoms with E-state index in [0.29, 0.717) is 13.2 Å². The molecule has 0 spiro atoms. The highest BCUT2D eigenvalue weighted by Crippen LogP contribution is 2.14. The van der Waals surface area contributed by atoms with Crippen molar-refractivity contribution in [2.24, 2.45) is 0 Å². The van der Waals surface area contributed by atoms with Gasteiger partial charge in [0.1, 0.15) is 0 Å². The first-order chi connectivity index (χ1) is 7.77. The number of amides is 1. The van der Waals surface area contributed by atoms with E-state index in [1.165, 1.54) is 0 Å². The van der Waals surface area contributed by atoms with Gasteiger partial charge in [-0.3, -0.25) is 4.79 Å². The van der Waals surface area contributed by atoms with Gasteiger partial charge in [-0.15, -0.1) is 0 Å². The highest BCUT2D eigenvalue weighted by Gasteiger charge is 2.17. The molecule has 1 saturated heterocycles. The monoisotopic (exact) mass is 283 g/mol. The largest absolute Gasteiger partial charge is 0.380 e. The lowest BCUT2D eigenvalue weighted by Crippen LogP contribution is -2.33. The first-order valence-electron chi connectivity index (χ1n) is 5.40. The van der Waals surface area contributed by atoms with Crippen molar-refractivity contribution in [1.29, 1.82) is 0 Å². The van der Waals surface area contributed by atoms with Gasteiger partial charge in [-0.1, -0.05) is 22.0 Å². The molecule has 3 nitrogen and oxygen atoms in total. The molecule has 1 aromatic rings. The van der Waals surface area contributed by atoms with Crippen LogP contribution in [0, 0.1) is 0 Å². The van der Waals surface area contributed by atoms with Gasteiger partial charge >= 0.3 is 0 Å². The van der Waals surface area contributed by atoms with Crippen LogP contribution >= 0.6 is 15.9 Å². The number of ether oxygens (including phenoxy) is 1.